The lowest BCUT2D eigenvalue weighted by Crippen LogP contribution is -2.56. The first-order valence-electron chi connectivity index (χ1n) is 6.79. The van der Waals surface area contributed by atoms with Gasteiger partial charge >= 0.3 is 5.97 Å². The highest BCUT2D eigenvalue weighted by molar-refractivity contribution is 5.81. The third kappa shape index (κ3) is 2.73. The Balaban J connectivity index is 2.14. The first-order chi connectivity index (χ1) is 9.10. The molecule has 4 nitrogen and oxygen atoms in total. The molecule has 1 heterocycles. The van der Waals surface area contributed by atoms with Crippen molar-refractivity contribution in [3.05, 3.63) is 29.8 Å². The molecule has 0 aromatic heterocycles. The summed E-state index contributed by atoms with van der Waals surface area (Å²) in [6, 6.07) is 8.36. The molecule has 0 saturated carbocycles. The Bertz CT molecular complexity index is 461. The highest BCUT2D eigenvalue weighted by Gasteiger charge is 2.36. The zero-order chi connectivity index (χ0) is 13.9. The van der Waals surface area contributed by atoms with Gasteiger partial charge in [-0.2, -0.15) is 0 Å². The van der Waals surface area contributed by atoms with Gasteiger partial charge in [0.25, 0.3) is 0 Å². The minimum Gasteiger partial charge on any atom is -0.465 e. The van der Waals surface area contributed by atoms with Crippen LogP contribution >= 0.6 is 0 Å². The van der Waals surface area contributed by atoms with Crippen LogP contribution < -0.4 is 10.2 Å². The summed E-state index contributed by atoms with van der Waals surface area (Å²) in [5.74, 6) is -0.193. The number of hydrogen-bond acceptors (Lipinski definition) is 4. The molecule has 1 aromatic rings. The number of para-hydroxylation sites is 1. The van der Waals surface area contributed by atoms with E-state index in [1.807, 2.05) is 19.9 Å². The van der Waals surface area contributed by atoms with Crippen molar-refractivity contribution in [2.75, 3.05) is 31.6 Å². The van der Waals surface area contributed by atoms with Gasteiger partial charge in [0, 0.05) is 18.8 Å². The number of anilines is 1. The summed E-state index contributed by atoms with van der Waals surface area (Å²) in [6.07, 6.45) is 1.04. The quantitative estimate of drug-likeness (QED) is 0.818. The summed E-state index contributed by atoms with van der Waals surface area (Å²) < 4.78 is 5.17. The molecule has 0 fully saturated rings. The molecule has 0 aliphatic carbocycles. The molecule has 0 bridgehead atoms. The zero-order valence-corrected chi connectivity index (χ0v) is 11.9. The first kappa shape index (κ1) is 13.9. The fourth-order valence-electron chi connectivity index (χ4n) is 2.49. The maximum atomic E-state index is 12.1. The molecule has 0 radical (unpaired) electrons. The molecule has 0 spiro atoms. The number of rotatable bonds is 5. The number of carbonyl (C=O) groups is 1. The van der Waals surface area contributed by atoms with Crippen LogP contribution in [0, 0.1) is 0 Å². The summed E-state index contributed by atoms with van der Waals surface area (Å²) in [5, 5.41) is 3.10. The minimum absolute atomic E-state index is 0.193. The summed E-state index contributed by atoms with van der Waals surface area (Å²) in [5.41, 5.74) is 1.91. The van der Waals surface area contributed by atoms with Gasteiger partial charge in [0.2, 0.25) is 0 Å². The van der Waals surface area contributed by atoms with Gasteiger partial charge in [0.15, 0.2) is 0 Å². The van der Waals surface area contributed by atoms with E-state index in [1.54, 1.807) is 7.05 Å². The molecule has 1 N–H and O–H groups in total. The average Bonchev–Trinajstić information content (AvgIpc) is 2.82. The van der Waals surface area contributed by atoms with E-state index in [9.17, 15) is 4.79 Å². The van der Waals surface area contributed by atoms with Gasteiger partial charge in [-0.15, -0.1) is 0 Å². The summed E-state index contributed by atoms with van der Waals surface area (Å²) in [4.78, 5) is 14.3. The molecule has 4 heteroatoms. The Hall–Kier alpha value is -1.55. The molecule has 1 unspecified atom stereocenters. The lowest BCUT2D eigenvalue weighted by Gasteiger charge is -2.32. The molecule has 1 aliphatic heterocycles. The van der Waals surface area contributed by atoms with Crippen LogP contribution in [-0.4, -0.2) is 38.3 Å². The Morgan fingerprint density at radius 3 is 2.89 bits per heavy atom. The normalized spacial score (nSPS) is 16.9. The number of nitrogens with zero attached hydrogens (tertiary/aromatic N) is 1. The Labute approximate surface area is 114 Å². The molecular weight excluding hydrogens is 240 g/mol. The van der Waals surface area contributed by atoms with E-state index in [0.29, 0.717) is 13.2 Å². The molecule has 1 atom stereocenters. The molecule has 0 amide bonds. The van der Waals surface area contributed by atoms with Gasteiger partial charge in [-0.1, -0.05) is 18.2 Å². The van der Waals surface area contributed by atoms with E-state index in [0.717, 1.165) is 13.0 Å². The summed E-state index contributed by atoms with van der Waals surface area (Å²) in [7, 11) is 1.80. The van der Waals surface area contributed by atoms with Gasteiger partial charge < -0.3 is 15.0 Å². The van der Waals surface area contributed by atoms with E-state index in [1.165, 1.54) is 11.3 Å². The number of carbonyl (C=O) groups excluding carboxylic acids is 1. The fraction of sp³-hybridized carbons (Fsp3) is 0.533. The maximum absolute atomic E-state index is 12.1. The Morgan fingerprint density at radius 1 is 1.47 bits per heavy atom. The number of hydrogen-bond donors (Lipinski definition) is 1. The van der Waals surface area contributed by atoms with Crippen molar-refractivity contribution in [3.8, 4) is 0 Å². The van der Waals surface area contributed by atoms with Crippen LogP contribution in [-0.2, 0) is 16.0 Å². The third-order valence-corrected chi connectivity index (χ3v) is 3.77. The highest BCUT2D eigenvalue weighted by atomic mass is 16.5. The summed E-state index contributed by atoms with van der Waals surface area (Å²) in [6.45, 7) is 5.72. The van der Waals surface area contributed by atoms with E-state index in [4.69, 9.17) is 4.74 Å². The Morgan fingerprint density at radius 2 is 2.21 bits per heavy atom. The molecule has 104 valence electrons. The van der Waals surface area contributed by atoms with Crippen molar-refractivity contribution in [1.82, 2.24) is 5.32 Å². The number of likely N-dealkylation sites (N-methyl/N-ethyl adjacent to an activating group) is 1. The van der Waals surface area contributed by atoms with Crippen LogP contribution in [0.3, 0.4) is 0 Å². The first-order valence-corrected chi connectivity index (χ1v) is 6.79. The number of benzene rings is 1. The number of ether oxygens (including phenoxy) is 1. The SMILES string of the molecule is CCOC(=O)C(C)(CN1CCc2ccccc21)NC. The standard InChI is InChI=1S/C15H22N2O2/c1-4-19-14(18)15(2,16-3)11-17-10-9-12-7-5-6-8-13(12)17/h5-8,16H,4,9-11H2,1-3H3. The Kier molecular flexibility index (Phi) is 4.10. The number of esters is 1. The summed E-state index contributed by atoms with van der Waals surface area (Å²) >= 11 is 0. The molecule has 19 heavy (non-hydrogen) atoms. The van der Waals surface area contributed by atoms with E-state index < -0.39 is 5.54 Å². The topological polar surface area (TPSA) is 41.6 Å². The van der Waals surface area contributed by atoms with Gasteiger partial charge in [-0.25, -0.2) is 4.79 Å². The fourth-order valence-corrected chi connectivity index (χ4v) is 2.49. The van der Waals surface area contributed by atoms with Crippen molar-refractivity contribution in [3.63, 3.8) is 0 Å². The van der Waals surface area contributed by atoms with E-state index in [2.05, 4.69) is 28.4 Å². The number of fused-ring (bicyclic) bond motifs is 1. The van der Waals surface area contributed by atoms with Crippen LogP contribution in [0.25, 0.3) is 0 Å². The average molecular weight is 262 g/mol. The van der Waals surface area contributed by atoms with Crippen LogP contribution in [0.2, 0.25) is 0 Å². The van der Waals surface area contributed by atoms with Crippen LogP contribution in [0.1, 0.15) is 19.4 Å². The molecule has 0 saturated heterocycles. The predicted molar refractivity (Wildman–Crippen MR) is 76.5 cm³/mol. The highest BCUT2D eigenvalue weighted by Crippen LogP contribution is 2.28. The van der Waals surface area contributed by atoms with Gasteiger partial charge in [0.1, 0.15) is 5.54 Å². The third-order valence-electron chi connectivity index (χ3n) is 3.77. The minimum atomic E-state index is -0.673. The van der Waals surface area contributed by atoms with E-state index >= 15 is 0 Å². The second-order valence-corrected chi connectivity index (χ2v) is 5.10. The smallest absolute Gasteiger partial charge is 0.327 e. The van der Waals surface area contributed by atoms with Crippen LogP contribution in [0.4, 0.5) is 5.69 Å². The predicted octanol–water partition coefficient (Wildman–Crippen LogP) is 1.59. The van der Waals surface area contributed by atoms with Crippen molar-refractivity contribution < 1.29 is 9.53 Å². The second-order valence-electron chi connectivity index (χ2n) is 5.10. The molecule has 1 aromatic carbocycles. The second kappa shape index (κ2) is 5.61. The largest absolute Gasteiger partial charge is 0.465 e. The lowest BCUT2D eigenvalue weighted by atomic mass is 10.0. The van der Waals surface area contributed by atoms with Crippen LogP contribution in [0.5, 0.6) is 0 Å². The zero-order valence-electron chi connectivity index (χ0n) is 11.9. The van der Waals surface area contributed by atoms with E-state index in [-0.39, 0.29) is 5.97 Å². The van der Waals surface area contributed by atoms with Gasteiger partial charge in [-0.05, 0) is 38.9 Å². The molecular formula is C15H22N2O2. The van der Waals surface area contributed by atoms with Crippen molar-refractivity contribution in [2.24, 2.45) is 0 Å². The van der Waals surface area contributed by atoms with Crippen molar-refractivity contribution in [2.45, 2.75) is 25.8 Å². The number of nitrogens with one attached hydrogen (secondary N) is 1. The van der Waals surface area contributed by atoms with Crippen LogP contribution in [0.15, 0.2) is 24.3 Å². The maximum Gasteiger partial charge on any atom is 0.327 e. The van der Waals surface area contributed by atoms with Gasteiger partial charge in [0.05, 0.1) is 6.61 Å². The van der Waals surface area contributed by atoms with Crippen molar-refractivity contribution in [1.29, 1.82) is 0 Å². The molecule has 1 aliphatic rings. The monoisotopic (exact) mass is 262 g/mol. The van der Waals surface area contributed by atoms with Crippen molar-refractivity contribution >= 4 is 11.7 Å². The lowest BCUT2D eigenvalue weighted by molar-refractivity contribution is -0.149. The van der Waals surface area contributed by atoms with Gasteiger partial charge in [-0.3, -0.25) is 0 Å². The molecule has 2 rings (SSSR count).